The van der Waals surface area contributed by atoms with Crippen molar-refractivity contribution < 1.29 is 0 Å². The molecule has 0 unspecified atom stereocenters. The molecule has 0 saturated carbocycles. The smallest absolute Gasteiger partial charge is 0.147 e. The minimum absolute atomic E-state index is 0.304. The summed E-state index contributed by atoms with van der Waals surface area (Å²) in [6.45, 7) is 5.71. The molecule has 0 aromatic carbocycles. The van der Waals surface area contributed by atoms with Crippen molar-refractivity contribution in [3.8, 4) is 6.07 Å². The number of halogens is 1. The van der Waals surface area contributed by atoms with Crippen LogP contribution < -0.4 is 0 Å². The molecule has 3 heteroatoms. The molecule has 0 aliphatic heterocycles. The molecule has 0 saturated heterocycles. The van der Waals surface area contributed by atoms with Gasteiger partial charge in [0.1, 0.15) is 11.2 Å². The fraction of sp³-hybridized carbons (Fsp3) is 0.333. The second-order valence-corrected chi connectivity index (χ2v) is 3.08. The Kier molecular flexibility index (Phi) is 2.35. The topological polar surface area (TPSA) is 36.7 Å². The van der Waals surface area contributed by atoms with Crippen LogP contribution >= 0.6 is 11.6 Å². The highest BCUT2D eigenvalue weighted by molar-refractivity contribution is 6.30. The van der Waals surface area contributed by atoms with E-state index in [1.807, 2.05) is 26.8 Å². The monoisotopic (exact) mass is 180 g/mol. The number of nitrogens with zero attached hydrogens (tertiary/aromatic N) is 2. The maximum Gasteiger partial charge on any atom is 0.147 e. The third-order valence-corrected chi connectivity index (χ3v) is 2.34. The minimum Gasteiger partial charge on any atom is -0.240 e. The normalized spacial score (nSPS) is 9.58. The van der Waals surface area contributed by atoms with Gasteiger partial charge in [-0.3, -0.25) is 0 Å². The van der Waals surface area contributed by atoms with Crippen molar-refractivity contribution in [1.29, 1.82) is 5.26 Å². The number of pyridine rings is 1. The zero-order valence-corrected chi connectivity index (χ0v) is 8.03. The number of rotatable bonds is 0. The largest absolute Gasteiger partial charge is 0.240 e. The number of aryl methyl sites for hydroxylation is 1. The Balaban J connectivity index is 3.54. The van der Waals surface area contributed by atoms with Gasteiger partial charge in [-0.05, 0) is 31.9 Å². The van der Waals surface area contributed by atoms with E-state index in [0.29, 0.717) is 10.7 Å². The lowest BCUT2D eigenvalue weighted by molar-refractivity contribution is 1.11. The van der Waals surface area contributed by atoms with Gasteiger partial charge in [0.15, 0.2) is 0 Å². The molecule has 0 bridgehead atoms. The van der Waals surface area contributed by atoms with Crippen molar-refractivity contribution >= 4 is 11.6 Å². The van der Waals surface area contributed by atoms with Gasteiger partial charge >= 0.3 is 0 Å². The molecular formula is C9H9ClN2. The molecule has 0 aliphatic rings. The predicted molar refractivity (Wildman–Crippen MR) is 48.2 cm³/mol. The molecule has 0 atom stereocenters. The van der Waals surface area contributed by atoms with Crippen LogP contribution in [0.15, 0.2) is 0 Å². The quantitative estimate of drug-likeness (QED) is 0.576. The van der Waals surface area contributed by atoms with Crippen molar-refractivity contribution in [3.05, 3.63) is 27.5 Å². The van der Waals surface area contributed by atoms with Crippen molar-refractivity contribution in [2.45, 2.75) is 20.8 Å². The molecule has 2 nitrogen and oxygen atoms in total. The van der Waals surface area contributed by atoms with Gasteiger partial charge in [-0.25, -0.2) is 4.98 Å². The Morgan fingerprint density at radius 3 is 2.33 bits per heavy atom. The van der Waals surface area contributed by atoms with Gasteiger partial charge in [0.2, 0.25) is 0 Å². The van der Waals surface area contributed by atoms with Gasteiger partial charge in [0.05, 0.1) is 5.56 Å². The highest BCUT2D eigenvalue weighted by Gasteiger charge is 2.09. The van der Waals surface area contributed by atoms with Crippen LogP contribution in [0, 0.1) is 32.1 Å². The van der Waals surface area contributed by atoms with E-state index in [4.69, 9.17) is 16.9 Å². The molecule has 0 N–H and O–H groups in total. The van der Waals surface area contributed by atoms with Crippen LogP contribution in [0.25, 0.3) is 0 Å². The Bertz CT molecular complexity index is 364. The van der Waals surface area contributed by atoms with E-state index in [-0.39, 0.29) is 0 Å². The first-order chi connectivity index (χ1) is 5.57. The molecular weight excluding hydrogens is 172 g/mol. The van der Waals surface area contributed by atoms with Crippen molar-refractivity contribution in [2.24, 2.45) is 0 Å². The van der Waals surface area contributed by atoms with Crippen LogP contribution in [0.4, 0.5) is 0 Å². The lowest BCUT2D eigenvalue weighted by Crippen LogP contribution is -1.96. The summed E-state index contributed by atoms with van der Waals surface area (Å²) in [5.74, 6) is 0. The molecule has 62 valence electrons. The third kappa shape index (κ3) is 1.28. The first-order valence-corrected chi connectivity index (χ1v) is 3.99. The van der Waals surface area contributed by atoms with Crippen LogP contribution in [0.3, 0.4) is 0 Å². The molecule has 1 aromatic heterocycles. The zero-order chi connectivity index (χ0) is 9.30. The van der Waals surface area contributed by atoms with E-state index in [9.17, 15) is 0 Å². The molecule has 1 rings (SSSR count). The van der Waals surface area contributed by atoms with Crippen molar-refractivity contribution in [1.82, 2.24) is 4.98 Å². The second kappa shape index (κ2) is 3.12. The van der Waals surface area contributed by atoms with Gasteiger partial charge in [-0.15, -0.1) is 0 Å². The molecule has 0 fully saturated rings. The maximum atomic E-state index is 8.74. The van der Waals surface area contributed by atoms with E-state index < -0.39 is 0 Å². The van der Waals surface area contributed by atoms with Gasteiger partial charge < -0.3 is 0 Å². The van der Waals surface area contributed by atoms with Gasteiger partial charge in [-0.2, -0.15) is 5.26 Å². The lowest BCUT2D eigenvalue weighted by Gasteiger charge is -2.06. The average Bonchev–Trinajstić information content (AvgIpc) is 2.01. The summed E-state index contributed by atoms with van der Waals surface area (Å²) in [5, 5.41) is 9.04. The first kappa shape index (κ1) is 9.02. The maximum absolute atomic E-state index is 8.74. The molecule has 0 radical (unpaired) electrons. The zero-order valence-electron chi connectivity index (χ0n) is 7.27. The highest BCUT2D eigenvalue weighted by atomic mass is 35.5. The van der Waals surface area contributed by atoms with Crippen LogP contribution in [-0.4, -0.2) is 4.98 Å². The summed E-state index contributed by atoms with van der Waals surface area (Å²) < 4.78 is 0. The van der Waals surface area contributed by atoms with Crippen LogP contribution in [0.1, 0.15) is 22.4 Å². The van der Waals surface area contributed by atoms with Crippen LogP contribution in [0.2, 0.25) is 5.15 Å². The highest BCUT2D eigenvalue weighted by Crippen LogP contribution is 2.21. The Morgan fingerprint density at radius 2 is 1.83 bits per heavy atom. The van der Waals surface area contributed by atoms with E-state index >= 15 is 0 Å². The van der Waals surface area contributed by atoms with Gasteiger partial charge in [0.25, 0.3) is 0 Å². The van der Waals surface area contributed by atoms with E-state index in [1.54, 1.807) is 0 Å². The molecule has 0 aliphatic carbocycles. The second-order valence-electron chi connectivity index (χ2n) is 2.72. The van der Waals surface area contributed by atoms with Crippen LogP contribution in [0.5, 0.6) is 0 Å². The summed E-state index contributed by atoms with van der Waals surface area (Å²) in [6, 6.07) is 2.04. The fourth-order valence-electron chi connectivity index (χ4n) is 1.03. The summed E-state index contributed by atoms with van der Waals surface area (Å²) in [7, 11) is 0. The van der Waals surface area contributed by atoms with Crippen molar-refractivity contribution in [2.75, 3.05) is 0 Å². The number of hydrogen-bond donors (Lipinski definition) is 0. The van der Waals surface area contributed by atoms with E-state index in [2.05, 4.69) is 4.98 Å². The Hall–Kier alpha value is -1.07. The van der Waals surface area contributed by atoms with Gasteiger partial charge in [0, 0.05) is 5.69 Å². The number of hydrogen-bond acceptors (Lipinski definition) is 2. The van der Waals surface area contributed by atoms with Crippen molar-refractivity contribution in [3.63, 3.8) is 0 Å². The molecule has 1 heterocycles. The SMILES string of the molecule is Cc1nc(Cl)c(C#N)c(C)c1C. The first-order valence-electron chi connectivity index (χ1n) is 3.61. The molecule has 0 amide bonds. The number of aromatic nitrogens is 1. The summed E-state index contributed by atoms with van der Waals surface area (Å²) in [4.78, 5) is 4.05. The number of nitriles is 1. The molecule has 12 heavy (non-hydrogen) atoms. The summed E-state index contributed by atoms with van der Waals surface area (Å²) in [5.41, 5.74) is 3.34. The molecule has 1 aromatic rings. The summed E-state index contributed by atoms with van der Waals surface area (Å²) >= 11 is 5.77. The fourth-order valence-corrected chi connectivity index (χ4v) is 1.34. The minimum atomic E-state index is 0.304. The average molecular weight is 181 g/mol. The Labute approximate surface area is 76.8 Å². The summed E-state index contributed by atoms with van der Waals surface area (Å²) in [6.07, 6.45) is 0. The lowest BCUT2D eigenvalue weighted by atomic mass is 10.1. The third-order valence-electron chi connectivity index (χ3n) is 2.06. The van der Waals surface area contributed by atoms with E-state index in [0.717, 1.165) is 16.8 Å². The Morgan fingerprint density at radius 1 is 1.25 bits per heavy atom. The predicted octanol–water partition coefficient (Wildman–Crippen LogP) is 2.53. The van der Waals surface area contributed by atoms with Gasteiger partial charge in [-0.1, -0.05) is 11.6 Å². The van der Waals surface area contributed by atoms with Crippen LogP contribution in [-0.2, 0) is 0 Å². The molecule has 0 spiro atoms. The van der Waals surface area contributed by atoms with E-state index in [1.165, 1.54) is 0 Å². The standard InChI is InChI=1S/C9H9ClN2/c1-5-6(2)8(4-11)9(10)12-7(5)3/h1-3H3.